The second-order valence-electron chi connectivity index (χ2n) is 7.24. The standard InChI is InChI=1S/C20H27N3O3/c1-14-13-16(14)20(26)22-10-8-18(24)21-11-9-19(25)23-12-4-6-15-5-2-3-7-17(15)23/h2-3,5,7,14,16H,4,6,8-13H2,1H3,(H,21,24)(H,22,26)/t14-,16+/m0/s1. The summed E-state index contributed by atoms with van der Waals surface area (Å²) >= 11 is 0. The molecule has 3 rings (SSSR count). The van der Waals surface area contributed by atoms with Gasteiger partial charge in [0, 0.05) is 44.1 Å². The van der Waals surface area contributed by atoms with Gasteiger partial charge in [-0.2, -0.15) is 0 Å². The van der Waals surface area contributed by atoms with Crippen molar-refractivity contribution >= 4 is 23.4 Å². The van der Waals surface area contributed by atoms with E-state index in [1.807, 2.05) is 23.1 Å². The molecule has 26 heavy (non-hydrogen) atoms. The monoisotopic (exact) mass is 357 g/mol. The van der Waals surface area contributed by atoms with Crippen molar-refractivity contribution in [1.29, 1.82) is 0 Å². The van der Waals surface area contributed by atoms with Crippen molar-refractivity contribution in [2.24, 2.45) is 11.8 Å². The van der Waals surface area contributed by atoms with Gasteiger partial charge in [-0.25, -0.2) is 0 Å². The largest absolute Gasteiger partial charge is 0.356 e. The number of rotatable bonds is 7. The zero-order chi connectivity index (χ0) is 18.5. The molecule has 0 saturated heterocycles. The molecular weight excluding hydrogens is 330 g/mol. The molecular formula is C20H27N3O3. The van der Waals surface area contributed by atoms with E-state index in [0.29, 0.717) is 19.0 Å². The van der Waals surface area contributed by atoms with Crippen LogP contribution in [-0.2, 0) is 20.8 Å². The van der Waals surface area contributed by atoms with E-state index < -0.39 is 0 Å². The third kappa shape index (κ3) is 4.62. The van der Waals surface area contributed by atoms with E-state index in [9.17, 15) is 14.4 Å². The van der Waals surface area contributed by atoms with Crippen molar-refractivity contribution < 1.29 is 14.4 Å². The minimum Gasteiger partial charge on any atom is -0.356 e. The Balaban J connectivity index is 1.35. The van der Waals surface area contributed by atoms with E-state index in [1.165, 1.54) is 5.56 Å². The zero-order valence-corrected chi connectivity index (χ0v) is 15.3. The van der Waals surface area contributed by atoms with Crippen LogP contribution in [0.4, 0.5) is 5.69 Å². The molecule has 2 atom stereocenters. The van der Waals surface area contributed by atoms with Gasteiger partial charge < -0.3 is 15.5 Å². The first-order valence-corrected chi connectivity index (χ1v) is 9.49. The SMILES string of the molecule is C[C@H]1C[C@H]1C(=O)NCCC(=O)NCCC(=O)N1CCCc2ccccc21. The lowest BCUT2D eigenvalue weighted by Crippen LogP contribution is -2.38. The second-order valence-corrected chi connectivity index (χ2v) is 7.24. The predicted octanol–water partition coefficient (Wildman–Crippen LogP) is 1.63. The van der Waals surface area contributed by atoms with Gasteiger partial charge in [0.2, 0.25) is 17.7 Å². The van der Waals surface area contributed by atoms with Gasteiger partial charge in [0.15, 0.2) is 0 Å². The lowest BCUT2D eigenvalue weighted by Gasteiger charge is -2.29. The fourth-order valence-electron chi connectivity index (χ4n) is 3.44. The van der Waals surface area contributed by atoms with Gasteiger partial charge in [-0.05, 0) is 36.8 Å². The molecule has 6 nitrogen and oxygen atoms in total. The minimum absolute atomic E-state index is 0.0356. The van der Waals surface area contributed by atoms with Crippen molar-refractivity contribution in [1.82, 2.24) is 10.6 Å². The number of nitrogens with one attached hydrogen (secondary N) is 2. The van der Waals surface area contributed by atoms with Crippen LogP contribution in [0, 0.1) is 11.8 Å². The summed E-state index contributed by atoms with van der Waals surface area (Å²) in [5.74, 6) is 0.538. The van der Waals surface area contributed by atoms with Gasteiger partial charge in [0.05, 0.1) is 0 Å². The first-order valence-electron chi connectivity index (χ1n) is 9.49. The summed E-state index contributed by atoms with van der Waals surface area (Å²) in [5, 5.41) is 5.56. The van der Waals surface area contributed by atoms with E-state index in [1.54, 1.807) is 0 Å². The Morgan fingerprint density at radius 1 is 1.12 bits per heavy atom. The Bertz CT molecular complexity index is 689. The molecule has 0 radical (unpaired) electrons. The number of para-hydroxylation sites is 1. The molecule has 3 amide bonds. The van der Waals surface area contributed by atoms with Crippen LogP contribution in [0.1, 0.15) is 38.2 Å². The number of carbonyl (C=O) groups excluding carboxylic acids is 3. The molecule has 1 aromatic rings. The number of nitrogens with zero attached hydrogens (tertiary/aromatic N) is 1. The van der Waals surface area contributed by atoms with Gasteiger partial charge in [-0.15, -0.1) is 0 Å². The Kier molecular flexibility index (Phi) is 5.91. The predicted molar refractivity (Wildman–Crippen MR) is 99.6 cm³/mol. The number of fused-ring (bicyclic) bond motifs is 1. The lowest BCUT2D eigenvalue weighted by molar-refractivity contribution is -0.123. The molecule has 1 aliphatic heterocycles. The smallest absolute Gasteiger partial charge is 0.228 e. The van der Waals surface area contributed by atoms with Gasteiger partial charge >= 0.3 is 0 Å². The highest BCUT2D eigenvalue weighted by molar-refractivity contribution is 5.95. The van der Waals surface area contributed by atoms with E-state index >= 15 is 0 Å². The van der Waals surface area contributed by atoms with Crippen molar-refractivity contribution in [2.75, 3.05) is 24.5 Å². The topological polar surface area (TPSA) is 78.5 Å². The maximum Gasteiger partial charge on any atom is 0.228 e. The quantitative estimate of drug-likeness (QED) is 0.779. The summed E-state index contributed by atoms with van der Waals surface area (Å²) in [4.78, 5) is 37.8. The maximum atomic E-state index is 12.5. The first-order chi connectivity index (χ1) is 12.6. The maximum absolute atomic E-state index is 12.5. The highest BCUT2D eigenvalue weighted by Crippen LogP contribution is 2.37. The third-order valence-electron chi connectivity index (χ3n) is 5.17. The zero-order valence-electron chi connectivity index (χ0n) is 15.3. The number of anilines is 1. The number of carbonyl (C=O) groups is 3. The van der Waals surface area contributed by atoms with E-state index in [2.05, 4.69) is 23.6 Å². The number of hydrogen-bond acceptors (Lipinski definition) is 3. The normalized spacial score (nSPS) is 20.9. The molecule has 0 aromatic heterocycles. The van der Waals surface area contributed by atoms with Crippen LogP contribution in [0.15, 0.2) is 24.3 Å². The molecule has 140 valence electrons. The van der Waals surface area contributed by atoms with Gasteiger partial charge in [0.25, 0.3) is 0 Å². The molecule has 1 aliphatic carbocycles. The Labute approximate surface area is 154 Å². The highest BCUT2D eigenvalue weighted by atomic mass is 16.2. The molecule has 6 heteroatoms. The van der Waals surface area contributed by atoms with Crippen molar-refractivity contribution in [3.8, 4) is 0 Å². The van der Waals surface area contributed by atoms with Crippen molar-refractivity contribution in [3.63, 3.8) is 0 Å². The lowest BCUT2D eigenvalue weighted by atomic mass is 10.0. The summed E-state index contributed by atoms with van der Waals surface area (Å²) < 4.78 is 0. The van der Waals surface area contributed by atoms with Gasteiger partial charge in [-0.1, -0.05) is 25.1 Å². The van der Waals surface area contributed by atoms with Crippen LogP contribution < -0.4 is 15.5 Å². The molecule has 2 aliphatic rings. The fraction of sp³-hybridized carbons (Fsp3) is 0.550. The highest BCUT2D eigenvalue weighted by Gasteiger charge is 2.38. The fourth-order valence-corrected chi connectivity index (χ4v) is 3.44. The Morgan fingerprint density at radius 3 is 2.62 bits per heavy atom. The van der Waals surface area contributed by atoms with Crippen LogP contribution in [0.5, 0.6) is 0 Å². The summed E-state index contributed by atoms with van der Waals surface area (Å²) in [6.45, 7) is 3.45. The van der Waals surface area contributed by atoms with Crippen LogP contribution >= 0.6 is 0 Å². The number of benzene rings is 1. The molecule has 0 spiro atoms. The van der Waals surface area contributed by atoms with Crippen LogP contribution in [-0.4, -0.2) is 37.4 Å². The average Bonchev–Trinajstić information content (AvgIpc) is 3.38. The summed E-state index contributed by atoms with van der Waals surface area (Å²) in [6, 6.07) is 7.99. The van der Waals surface area contributed by atoms with Gasteiger partial charge in [-0.3, -0.25) is 14.4 Å². The Morgan fingerprint density at radius 2 is 1.85 bits per heavy atom. The molecule has 0 bridgehead atoms. The number of aryl methyl sites for hydroxylation is 1. The van der Waals surface area contributed by atoms with E-state index in [-0.39, 0.29) is 36.5 Å². The third-order valence-corrected chi connectivity index (χ3v) is 5.17. The van der Waals surface area contributed by atoms with Crippen LogP contribution in [0.2, 0.25) is 0 Å². The Hall–Kier alpha value is -2.37. The minimum atomic E-state index is -0.138. The second kappa shape index (κ2) is 8.34. The molecule has 1 aromatic carbocycles. The molecule has 1 fully saturated rings. The first kappa shape index (κ1) is 18.4. The molecule has 1 saturated carbocycles. The van der Waals surface area contributed by atoms with Crippen molar-refractivity contribution in [2.45, 2.75) is 39.0 Å². The number of hydrogen-bond donors (Lipinski definition) is 2. The molecule has 0 unspecified atom stereocenters. The summed E-state index contributed by atoms with van der Waals surface area (Å²) in [7, 11) is 0. The van der Waals surface area contributed by atoms with Crippen LogP contribution in [0.3, 0.4) is 0 Å². The molecule has 1 heterocycles. The van der Waals surface area contributed by atoms with E-state index in [0.717, 1.165) is 31.5 Å². The van der Waals surface area contributed by atoms with Crippen molar-refractivity contribution in [3.05, 3.63) is 29.8 Å². The summed E-state index contributed by atoms with van der Waals surface area (Å²) in [6.07, 6.45) is 3.44. The van der Waals surface area contributed by atoms with E-state index in [4.69, 9.17) is 0 Å². The average molecular weight is 357 g/mol. The van der Waals surface area contributed by atoms with Crippen LogP contribution in [0.25, 0.3) is 0 Å². The van der Waals surface area contributed by atoms with Gasteiger partial charge in [0.1, 0.15) is 0 Å². The number of amides is 3. The summed E-state index contributed by atoms with van der Waals surface area (Å²) in [5.41, 5.74) is 2.20. The molecule has 2 N–H and O–H groups in total.